The molecule has 40 heavy (non-hydrogen) atoms. The van der Waals surface area contributed by atoms with E-state index in [2.05, 4.69) is 20.7 Å². The lowest BCUT2D eigenvalue weighted by Crippen LogP contribution is -2.31. The van der Waals surface area contributed by atoms with Crippen molar-refractivity contribution in [1.29, 1.82) is 0 Å². The second-order valence-corrected chi connectivity index (χ2v) is 10.0. The van der Waals surface area contributed by atoms with Crippen LogP contribution in [0.25, 0.3) is 0 Å². The standard InChI is InChI=1S/C28H24Cl3N5O4/c1-15-25(27(37)35-22-12-23(38-2)21(31)11-24(22)39-3)26(36-28(34-15)32-14-33-36)16-7-9-17(10-8-16)40-13-18-19(29)5-4-6-20(18)30/h4-12,14,26H,13H2,1-3H3,(H,35,37)(H,32,33,34)/t26-/m0/s1. The van der Waals surface area contributed by atoms with Crippen molar-refractivity contribution in [3.8, 4) is 17.2 Å². The zero-order valence-corrected chi connectivity index (χ0v) is 23.9. The van der Waals surface area contributed by atoms with E-state index in [-0.39, 0.29) is 12.5 Å². The number of nitrogens with zero attached hydrogens (tertiary/aromatic N) is 3. The quantitative estimate of drug-likeness (QED) is 0.230. The molecule has 206 valence electrons. The zero-order chi connectivity index (χ0) is 28.4. The third-order valence-corrected chi connectivity index (χ3v) is 7.41. The molecular formula is C28H24Cl3N5O4. The number of hydrogen-bond acceptors (Lipinski definition) is 7. The largest absolute Gasteiger partial charge is 0.495 e. The summed E-state index contributed by atoms with van der Waals surface area (Å²) in [6, 6.07) is 15.3. The summed E-state index contributed by atoms with van der Waals surface area (Å²) in [4.78, 5) is 18.1. The Morgan fingerprint density at radius 3 is 2.38 bits per heavy atom. The monoisotopic (exact) mass is 599 g/mol. The predicted octanol–water partition coefficient (Wildman–Crippen LogP) is 6.76. The van der Waals surface area contributed by atoms with Gasteiger partial charge in [0.15, 0.2) is 0 Å². The van der Waals surface area contributed by atoms with Gasteiger partial charge in [0.1, 0.15) is 36.2 Å². The number of carbonyl (C=O) groups excluding carboxylic acids is 1. The van der Waals surface area contributed by atoms with Gasteiger partial charge in [0.2, 0.25) is 5.95 Å². The van der Waals surface area contributed by atoms with Crippen LogP contribution in [-0.4, -0.2) is 34.9 Å². The van der Waals surface area contributed by atoms with Crippen LogP contribution in [0.2, 0.25) is 15.1 Å². The van der Waals surface area contributed by atoms with Crippen molar-refractivity contribution < 1.29 is 19.0 Å². The van der Waals surface area contributed by atoms with E-state index in [0.29, 0.717) is 60.8 Å². The third kappa shape index (κ3) is 5.40. The number of nitrogens with one attached hydrogen (secondary N) is 2. The molecule has 0 bridgehead atoms. The molecule has 5 rings (SSSR count). The summed E-state index contributed by atoms with van der Waals surface area (Å²) in [6.07, 6.45) is 1.43. The molecule has 4 aromatic rings. The highest BCUT2D eigenvalue weighted by Gasteiger charge is 2.34. The number of methoxy groups -OCH3 is 2. The number of benzene rings is 3. The Morgan fingerprint density at radius 2 is 1.70 bits per heavy atom. The lowest BCUT2D eigenvalue weighted by atomic mass is 9.95. The number of carbonyl (C=O) groups is 1. The zero-order valence-electron chi connectivity index (χ0n) is 21.7. The Morgan fingerprint density at radius 1 is 1.00 bits per heavy atom. The molecule has 1 aliphatic heterocycles. The maximum absolute atomic E-state index is 13.8. The molecule has 1 aliphatic rings. The van der Waals surface area contributed by atoms with Crippen LogP contribution in [-0.2, 0) is 11.4 Å². The van der Waals surface area contributed by atoms with E-state index in [1.54, 1.807) is 35.0 Å². The lowest BCUT2D eigenvalue weighted by molar-refractivity contribution is -0.113. The fourth-order valence-electron chi connectivity index (χ4n) is 4.41. The molecule has 3 aromatic carbocycles. The summed E-state index contributed by atoms with van der Waals surface area (Å²) in [5, 5.41) is 11.9. The van der Waals surface area contributed by atoms with Crippen LogP contribution in [0.15, 0.2) is 72.2 Å². The van der Waals surface area contributed by atoms with Crippen molar-refractivity contribution in [3.63, 3.8) is 0 Å². The summed E-state index contributed by atoms with van der Waals surface area (Å²) < 4.78 is 18.3. The average Bonchev–Trinajstić information content (AvgIpc) is 3.41. The maximum atomic E-state index is 13.8. The maximum Gasteiger partial charge on any atom is 0.255 e. The van der Waals surface area contributed by atoms with E-state index < -0.39 is 6.04 Å². The van der Waals surface area contributed by atoms with Gasteiger partial charge in [0, 0.05) is 33.4 Å². The number of fused-ring (bicyclic) bond motifs is 1. The SMILES string of the molecule is COc1cc(NC(=O)C2=C(C)Nc3ncnn3[C@H]2c2ccc(OCc3c(Cl)cccc3Cl)cc2)c(OC)cc1Cl. The van der Waals surface area contributed by atoms with Gasteiger partial charge < -0.3 is 24.8 Å². The third-order valence-electron chi connectivity index (χ3n) is 6.40. The molecule has 1 aromatic heterocycles. The first-order valence-corrected chi connectivity index (χ1v) is 13.2. The molecule has 1 amide bonds. The first kappa shape index (κ1) is 27.6. The highest BCUT2D eigenvalue weighted by Crippen LogP contribution is 2.39. The number of rotatable bonds is 8. The van der Waals surface area contributed by atoms with E-state index in [9.17, 15) is 4.79 Å². The number of halogens is 3. The molecule has 0 fully saturated rings. The number of aromatic nitrogens is 3. The van der Waals surface area contributed by atoms with Gasteiger partial charge in [-0.15, -0.1) is 0 Å². The van der Waals surface area contributed by atoms with Crippen LogP contribution in [0.4, 0.5) is 11.6 Å². The average molecular weight is 601 g/mol. The van der Waals surface area contributed by atoms with Crippen LogP contribution < -0.4 is 24.8 Å². The van der Waals surface area contributed by atoms with E-state index in [1.165, 1.54) is 20.5 Å². The van der Waals surface area contributed by atoms with Crippen molar-refractivity contribution >= 4 is 52.3 Å². The molecule has 2 N–H and O–H groups in total. The Kier molecular flexibility index (Phi) is 8.07. The minimum Gasteiger partial charge on any atom is -0.495 e. The van der Waals surface area contributed by atoms with Crippen LogP contribution in [0, 0.1) is 0 Å². The molecule has 0 unspecified atom stereocenters. The van der Waals surface area contributed by atoms with Gasteiger partial charge in [-0.25, -0.2) is 4.68 Å². The summed E-state index contributed by atoms with van der Waals surface area (Å²) in [5.74, 6) is 1.54. The minimum atomic E-state index is -0.578. The van der Waals surface area contributed by atoms with Crippen LogP contribution >= 0.6 is 34.8 Å². The Bertz CT molecular complexity index is 1580. The van der Waals surface area contributed by atoms with Crippen molar-refractivity contribution in [2.24, 2.45) is 0 Å². The van der Waals surface area contributed by atoms with Crippen molar-refractivity contribution in [2.45, 2.75) is 19.6 Å². The number of hydrogen-bond donors (Lipinski definition) is 2. The highest BCUT2D eigenvalue weighted by atomic mass is 35.5. The molecule has 0 spiro atoms. The van der Waals surface area contributed by atoms with Gasteiger partial charge in [0.05, 0.1) is 30.5 Å². The van der Waals surface area contributed by atoms with E-state index in [0.717, 1.165) is 5.56 Å². The Labute approximate surface area is 245 Å². The van der Waals surface area contributed by atoms with E-state index in [1.807, 2.05) is 31.2 Å². The number of anilines is 2. The van der Waals surface area contributed by atoms with Crippen LogP contribution in [0.3, 0.4) is 0 Å². The summed E-state index contributed by atoms with van der Waals surface area (Å²) in [6.45, 7) is 2.02. The van der Waals surface area contributed by atoms with Crippen LogP contribution in [0.5, 0.6) is 17.2 Å². The molecule has 1 atom stereocenters. The first-order valence-electron chi connectivity index (χ1n) is 12.1. The molecule has 2 heterocycles. The Hall–Kier alpha value is -3.92. The minimum absolute atomic E-state index is 0.206. The smallest absolute Gasteiger partial charge is 0.255 e. The predicted molar refractivity (Wildman–Crippen MR) is 155 cm³/mol. The molecular weight excluding hydrogens is 577 g/mol. The van der Waals surface area contributed by atoms with Crippen LogP contribution in [0.1, 0.15) is 24.1 Å². The number of allylic oxidation sites excluding steroid dienone is 1. The molecule has 0 aliphatic carbocycles. The van der Waals surface area contributed by atoms with Crippen molar-refractivity contribution in [3.05, 3.63) is 98.4 Å². The van der Waals surface area contributed by atoms with Gasteiger partial charge in [-0.1, -0.05) is 53.0 Å². The second kappa shape index (κ2) is 11.7. The Balaban J connectivity index is 1.44. The van der Waals surface area contributed by atoms with Gasteiger partial charge in [-0.05, 0) is 36.8 Å². The number of amides is 1. The molecule has 0 saturated carbocycles. The fourth-order valence-corrected chi connectivity index (χ4v) is 5.15. The lowest BCUT2D eigenvalue weighted by Gasteiger charge is -2.29. The summed E-state index contributed by atoms with van der Waals surface area (Å²) >= 11 is 18.8. The second-order valence-electron chi connectivity index (χ2n) is 8.79. The van der Waals surface area contributed by atoms with E-state index in [4.69, 9.17) is 49.0 Å². The van der Waals surface area contributed by atoms with Gasteiger partial charge >= 0.3 is 0 Å². The van der Waals surface area contributed by atoms with Gasteiger partial charge in [-0.2, -0.15) is 10.1 Å². The molecule has 12 heteroatoms. The van der Waals surface area contributed by atoms with E-state index >= 15 is 0 Å². The van der Waals surface area contributed by atoms with Gasteiger partial charge in [-0.3, -0.25) is 4.79 Å². The molecule has 0 saturated heterocycles. The van der Waals surface area contributed by atoms with Crippen molar-refractivity contribution in [2.75, 3.05) is 24.9 Å². The first-order chi connectivity index (χ1) is 19.3. The fraction of sp³-hybridized carbons (Fsp3) is 0.179. The van der Waals surface area contributed by atoms with Crippen molar-refractivity contribution in [1.82, 2.24) is 14.8 Å². The number of ether oxygens (including phenoxy) is 3. The summed E-state index contributed by atoms with van der Waals surface area (Å²) in [7, 11) is 2.99. The summed E-state index contributed by atoms with van der Waals surface area (Å²) in [5.41, 5.74) is 2.95. The highest BCUT2D eigenvalue weighted by molar-refractivity contribution is 6.36. The molecule has 0 radical (unpaired) electrons. The normalized spacial score (nSPS) is 14.3. The molecule has 9 nitrogen and oxygen atoms in total. The van der Waals surface area contributed by atoms with Gasteiger partial charge in [0.25, 0.3) is 5.91 Å². The topological polar surface area (TPSA) is 99.5 Å².